The standard InChI is InChI=1S/C16H22N2S/c1-2-5-12-8-10-13(11-9-12)17-16-14-6-3-4-7-15(14)18-19-16/h3-4,6-7,12-13,17H,2,5,8-11H2,1H3. The Morgan fingerprint density at radius 2 is 2.00 bits per heavy atom. The first-order chi connectivity index (χ1) is 9.36. The van der Waals surface area contributed by atoms with Crippen molar-refractivity contribution in [3.63, 3.8) is 0 Å². The summed E-state index contributed by atoms with van der Waals surface area (Å²) in [6, 6.07) is 9.07. The lowest BCUT2D eigenvalue weighted by molar-refractivity contribution is 0.319. The average molecular weight is 274 g/mol. The predicted molar refractivity (Wildman–Crippen MR) is 83.9 cm³/mol. The molecule has 1 aliphatic rings. The number of fused-ring (bicyclic) bond motifs is 1. The lowest BCUT2D eigenvalue weighted by Crippen LogP contribution is -2.25. The van der Waals surface area contributed by atoms with Crippen LogP contribution in [0.25, 0.3) is 10.9 Å². The maximum Gasteiger partial charge on any atom is 0.117 e. The van der Waals surface area contributed by atoms with Gasteiger partial charge in [-0.05, 0) is 55.3 Å². The van der Waals surface area contributed by atoms with E-state index in [1.54, 1.807) is 11.5 Å². The third kappa shape index (κ3) is 2.92. The van der Waals surface area contributed by atoms with E-state index >= 15 is 0 Å². The highest BCUT2D eigenvalue weighted by Crippen LogP contribution is 2.33. The van der Waals surface area contributed by atoms with Gasteiger partial charge in [-0.15, -0.1) is 0 Å². The third-order valence-corrected chi connectivity index (χ3v) is 5.07. The quantitative estimate of drug-likeness (QED) is 0.842. The molecule has 0 amide bonds. The van der Waals surface area contributed by atoms with Crippen LogP contribution in [0.1, 0.15) is 45.4 Å². The van der Waals surface area contributed by atoms with Crippen LogP contribution in [0.4, 0.5) is 5.00 Å². The second kappa shape index (κ2) is 5.91. The molecule has 3 heteroatoms. The van der Waals surface area contributed by atoms with Crippen molar-refractivity contribution in [3.8, 4) is 0 Å². The molecule has 0 spiro atoms. The van der Waals surface area contributed by atoms with Crippen LogP contribution in [0, 0.1) is 5.92 Å². The fourth-order valence-electron chi connectivity index (χ4n) is 3.18. The highest BCUT2D eigenvalue weighted by Gasteiger charge is 2.21. The summed E-state index contributed by atoms with van der Waals surface area (Å²) >= 11 is 1.61. The van der Waals surface area contributed by atoms with Gasteiger partial charge in [0, 0.05) is 11.4 Å². The van der Waals surface area contributed by atoms with Crippen LogP contribution in [0.3, 0.4) is 0 Å². The molecule has 102 valence electrons. The molecule has 0 saturated heterocycles. The predicted octanol–water partition coefficient (Wildman–Crippen LogP) is 5.07. The van der Waals surface area contributed by atoms with Crippen LogP contribution < -0.4 is 5.32 Å². The van der Waals surface area contributed by atoms with Crippen molar-refractivity contribution < 1.29 is 0 Å². The van der Waals surface area contributed by atoms with Crippen molar-refractivity contribution in [2.45, 2.75) is 51.5 Å². The van der Waals surface area contributed by atoms with E-state index in [1.165, 1.54) is 48.9 Å². The normalized spacial score (nSPS) is 23.6. The van der Waals surface area contributed by atoms with Gasteiger partial charge in [0.25, 0.3) is 0 Å². The molecule has 1 aromatic heterocycles. The molecule has 3 rings (SSSR count). The Morgan fingerprint density at radius 3 is 2.79 bits per heavy atom. The van der Waals surface area contributed by atoms with Crippen LogP contribution in [-0.2, 0) is 0 Å². The topological polar surface area (TPSA) is 24.9 Å². The summed E-state index contributed by atoms with van der Waals surface area (Å²) in [5.74, 6) is 0.973. The molecule has 1 aliphatic carbocycles. The largest absolute Gasteiger partial charge is 0.372 e. The number of rotatable bonds is 4. The third-order valence-electron chi connectivity index (χ3n) is 4.26. The maximum absolute atomic E-state index is 4.51. The molecule has 2 nitrogen and oxygen atoms in total. The average Bonchev–Trinajstić information content (AvgIpc) is 2.85. The Morgan fingerprint density at radius 1 is 1.21 bits per heavy atom. The first-order valence-electron chi connectivity index (χ1n) is 7.47. The number of anilines is 1. The molecule has 0 atom stereocenters. The zero-order valence-electron chi connectivity index (χ0n) is 11.6. The summed E-state index contributed by atoms with van der Waals surface area (Å²) in [6.07, 6.45) is 8.16. The van der Waals surface area contributed by atoms with Crippen molar-refractivity contribution in [2.24, 2.45) is 5.92 Å². The second-order valence-electron chi connectivity index (χ2n) is 5.68. The SMILES string of the molecule is CCCC1CCC(Nc2snc3ccccc23)CC1. The first kappa shape index (κ1) is 12.9. The fourth-order valence-corrected chi connectivity index (χ4v) is 4.02. The Hall–Kier alpha value is -1.09. The van der Waals surface area contributed by atoms with Crippen LogP contribution in [0.2, 0.25) is 0 Å². The molecular weight excluding hydrogens is 252 g/mol. The molecule has 2 aromatic rings. The van der Waals surface area contributed by atoms with Crippen LogP contribution >= 0.6 is 11.5 Å². The number of aromatic nitrogens is 1. The molecule has 1 heterocycles. The first-order valence-corrected chi connectivity index (χ1v) is 8.25. The number of nitrogens with zero attached hydrogens (tertiary/aromatic N) is 1. The summed E-state index contributed by atoms with van der Waals surface area (Å²) in [4.78, 5) is 0. The molecule has 19 heavy (non-hydrogen) atoms. The fraction of sp³-hybridized carbons (Fsp3) is 0.562. The lowest BCUT2D eigenvalue weighted by Gasteiger charge is -2.29. The highest BCUT2D eigenvalue weighted by molar-refractivity contribution is 7.11. The highest BCUT2D eigenvalue weighted by atomic mass is 32.1. The van der Waals surface area contributed by atoms with E-state index in [0.717, 1.165) is 11.4 Å². The van der Waals surface area contributed by atoms with Crippen molar-refractivity contribution in [2.75, 3.05) is 5.32 Å². The Balaban J connectivity index is 1.63. The summed E-state index contributed by atoms with van der Waals surface area (Å²) in [5.41, 5.74) is 1.12. The van der Waals surface area contributed by atoms with Crippen LogP contribution in [-0.4, -0.2) is 10.4 Å². The van der Waals surface area contributed by atoms with Crippen LogP contribution in [0.5, 0.6) is 0 Å². The van der Waals surface area contributed by atoms with Gasteiger partial charge in [-0.1, -0.05) is 31.9 Å². The molecule has 1 fully saturated rings. The van der Waals surface area contributed by atoms with Gasteiger partial charge >= 0.3 is 0 Å². The minimum Gasteiger partial charge on any atom is -0.372 e. The molecule has 0 bridgehead atoms. The summed E-state index contributed by atoms with van der Waals surface area (Å²) in [5, 5.41) is 6.26. The molecule has 1 saturated carbocycles. The molecule has 1 N–H and O–H groups in total. The molecule has 0 unspecified atom stereocenters. The molecular formula is C16H22N2S. The zero-order valence-corrected chi connectivity index (χ0v) is 12.4. The van der Waals surface area contributed by atoms with Gasteiger partial charge in [-0.3, -0.25) is 0 Å². The van der Waals surface area contributed by atoms with Crippen LogP contribution in [0.15, 0.2) is 24.3 Å². The van der Waals surface area contributed by atoms with Gasteiger partial charge in [-0.25, -0.2) is 0 Å². The summed E-state index contributed by atoms with van der Waals surface area (Å²) in [6.45, 7) is 2.30. The summed E-state index contributed by atoms with van der Waals surface area (Å²) < 4.78 is 4.51. The van der Waals surface area contributed by atoms with Crippen molar-refractivity contribution in [1.82, 2.24) is 4.37 Å². The maximum atomic E-state index is 4.51. The Labute approximate surface area is 119 Å². The van der Waals surface area contributed by atoms with Gasteiger partial charge in [-0.2, -0.15) is 4.37 Å². The number of hydrogen-bond acceptors (Lipinski definition) is 3. The molecule has 1 aromatic carbocycles. The number of benzene rings is 1. The monoisotopic (exact) mass is 274 g/mol. The van der Waals surface area contributed by atoms with Gasteiger partial charge in [0.2, 0.25) is 0 Å². The minimum absolute atomic E-state index is 0.650. The minimum atomic E-state index is 0.650. The van der Waals surface area contributed by atoms with E-state index in [1.807, 2.05) is 0 Å². The number of nitrogens with one attached hydrogen (secondary N) is 1. The second-order valence-corrected chi connectivity index (χ2v) is 6.45. The zero-order chi connectivity index (χ0) is 13.1. The van der Waals surface area contributed by atoms with Gasteiger partial charge in [0.1, 0.15) is 5.00 Å². The van der Waals surface area contributed by atoms with E-state index in [9.17, 15) is 0 Å². The Kier molecular flexibility index (Phi) is 4.02. The Bertz CT molecular complexity index is 526. The van der Waals surface area contributed by atoms with Gasteiger partial charge < -0.3 is 5.32 Å². The number of hydrogen-bond donors (Lipinski definition) is 1. The molecule has 0 radical (unpaired) electrons. The van der Waals surface area contributed by atoms with E-state index in [2.05, 4.69) is 40.9 Å². The summed E-state index contributed by atoms with van der Waals surface area (Å²) in [7, 11) is 0. The van der Waals surface area contributed by atoms with E-state index in [-0.39, 0.29) is 0 Å². The van der Waals surface area contributed by atoms with Gasteiger partial charge in [0.05, 0.1) is 5.52 Å². The molecule has 0 aliphatic heterocycles. The van der Waals surface area contributed by atoms with Crippen molar-refractivity contribution >= 4 is 27.4 Å². The van der Waals surface area contributed by atoms with E-state index in [4.69, 9.17) is 0 Å². The van der Waals surface area contributed by atoms with E-state index in [0.29, 0.717) is 6.04 Å². The van der Waals surface area contributed by atoms with E-state index < -0.39 is 0 Å². The van der Waals surface area contributed by atoms with Crippen molar-refractivity contribution in [1.29, 1.82) is 0 Å². The smallest absolute Gasteiger partial charge is 0.117 e. The van der Waals surface area contributed by atoms with Gasteiger partial charge in [0.15, 0.2) is 0 Å². The van der Waals surface area contributed by atoms with Crippen molar-refractivity contribution in [3.05, 3.63) is 24.3 Å². The lowest BCUT2D eigenvalue weighted by atomic mass is 9.83.